The third kappa shape index (κ3) is 21.2. The van der Waals surface area contributed by atoms with Crippen LogP contribution in [0.15, 0.2) is 0 Å². The van der Waals surface area contributed by atoms with Crippen molar-refractivity contribution in [2.24, 2.45) is 23.7 Å². The summed E-state index contributed by atoms with van der Waals surface area (Å²) < 4.78 is 0. The van der Waals surface area contributed by atoms with Crippen molar-refractivity contribution >= 4 is 19.4 Å². The zero-order chi connectivity index (χ0) is 20.7. The first-order valence-corrected chi connectivity index (χ1v) is 13.4. The number of rotatable bonds is 8. The van der Waals surface area contributed by atoms with Crippen molar-refractivity contribution in [2.75, 3.05) is 0 Å². The molecule has 4 unspecified atom stereocenters. The summed E-state index contributed by atoms with van der Waals surface area (Å²) in [5.74, 6) is 0.957. The van der Waals surface area contributed by atoms with E-state index in [1.165, 1.54) is 0 Å². The van der Waals surface area contributed by atoms with Gasteiger partial charge in [0.15, 0.2) is 0 Å². The molecule has 4 atom stereocenters. The molecule has 0 fully saturated rings. The Hall–Kier alpha value is 1.04. The molecule has 0 amide bonds. The van der Waals surface area contributed by atoms with E-state index in [-0.39, 0.29) is 63.2 Å². The van der Waals surface area contributed by atoms with Crippen LogP contribution in [0.5, 0.6) is 0 Å². The van der Waals surface area contributed by atoms with Gasteiger partial charge in [0.25, 0.3) is 0 Å². The minimum absolute atomic E-state index is 0.239. The van der Waals surface area contributed by atoms with Gasteiger partial charge in [0.05, 0.1) is 24.4 Å². The Labute approximate surface area is 171 Å². The molecule has 0 radical (unpaired) electrons. The molecule has 0 aromatic rings. The fourth-order valence-electron chi connectivity index (χ4n) is 1.58. The van der Waals surface area contributed by atoms with Crippen LogP contribution in [0.4, 0.5) is 0 Å². The van der Waals surface area contributed by atoms with Crippen molar-refractivity contribution in [1.29, 1.82) is 0 Å². The van der Waals surface area contributed by atoms with Crippen LogP contribution in [0.3, 0.4) is 0 Å². The fourth-order valence-corrected chi connectivity index (χ4v) is 1.58. The van der Waals surface area contributed by atoms with E-state index >= 15 is 0 Å². The van der Waals surface area contributed by atoms with Crippen LogP contribution in [0.25, 0.3) is 0 Å². The second-order valence-electron chi connectivity index (χ2n) is 7.77. The molecule has 0 aromatic heterocycles. The average Bonchev–Trinajstić information content (AvgIpc) is 2.47. The summed E-state index contributed by atoms with van der Waals surface area (Å²) in [4.78, 5) is 0. The molecule has 0 aliphatic rings. The molecule has 7 heteroatoms. The monoisotopic (exact) mass is 492 g/mol. The van der Waals surface area contributed by atoms with Crippen molar-refractivity contribution in [1.82, 2.24) is 0 Å². The van der Waals surface area contributed by atoms with E-state index in [1.807, 2.05) is 55.4 Å². The van der Waals surface area contributed by atoms with E-state index in [2.05, 4.69) is 0 Å². The standard InChI is InChI=1S/2C9H20O2.2ClH.Ru/c2*1-6(2)8(10)5-9(11)7(3)4;;;/h2*6-11H,5H2,1-4H3;2*1H;/q;;;;+2/p-2. The second-order valence-corrected chi connectivity index (χ2v) is 10.4. The topological polar surface area (TPSA) is 80.9 Å². The van der Waals surface area contributed by atoms with Crippen molar-refractivity contribution in [3.8, 4) is 0 Å². The maximum absolute atomic E-state index is 9.39. The Bertz CT molecular complexity index is 230. The maximum atomic E-state index is 9.39. The fraction of sp³-hybridized carbons (Fsp3) is 1.00. The number of aliphatic hydroxyl groups excluding tert-OH is 4. The summed E-state index contributed by atoms with van der Waals surface area (Å²) >= 11 is -0.346. The molecule has 4 N–H and O–H groups in total. The third-order valence-corrected chi connectivity index (χ3v) is 4.04. The second kappa shape index (κ2) is 18.4. The predicted molar refractivity (Wildman–Crippen MR) is 104 cm³/mol. The summed E-state index contributed by atoms with van der Waals surface area (Å²) in [5.41, 5.74) is 0. The van der Waals surface area contributed by atoms with Gasteiger partial charge >= 0.3 is 34.5 Å². The van der Waals surface area contributed by atoms with E-state index in [0.29, 0.717) is 12.8 Å². The average molecular weight is 492 g/mol. The quantitative estimate of drug-likeness (QED) is 0.383. The van der Waals surface area contributed by atoms with Crippen LogP contribution >= 0.6 is 19.4 Å². The molecule has 25 heavy (non-hydrogen) atoms. The number of aliphatic hydroxyl groups is 4. The van der Waals surface area contributed by atoms with E-state index in [9.17, 15) is 20.4 Å². The van der Waals surface area contributed by atoms with Crippen LogP contribution in [0.2, 0.25) is 0 Å². The van der Waals surface area contributed by atoms with Crippen molar-refractivity contribution < 1.29 is 35.6 Å². The molecule has 0 rings (SSSR count). The van der Waals surface area contributed by atoms with Crippen LogP contribution in [0, 0.1) is 23.7 Å². The molecule has 0 aliphatic heterocycles. The summed E-state index contributed by atoms with van der Waals surface area (Å²) in [6.45, 7) is 15.6. The molecular weight excluding hydrogens is 452 g/mol. The Balaban J connectivity index is -0.000000334. The first-order valence-electron chi connectivity index (χ1n) is 8.89. The summed E-state index contributed by atoms with van der Waals surface area (Å²) in [6.07, 6.45) is -0.482. The minimum atomic E-state index is -0.368. The van der Waals surface area contributed by atoms with E-state index in [1.54, 1.807) is 0 Å². The first kappa shape index (κ1) is 30.8. The van der Waals surface area contributed by atoms with Gasteiger partial charge in [-0.2, -0.15) is 0 Å². The summed E-state index contributed by atoms with van der Waals surface area (Å²) in [6, 6.07) is 0. The van der Waals surface area contributed by atoms with E-state index < -0.39 is 0 Å². The molecule has 0 aliphatic carbocycles. The van der Waals surface area contributed by atoms with Gasteiger partial charge in [-0.25, -0.2) is 0 Å². The van der Waals surface area contributed by atoms with E-state index in [0.717, 1.165) is 0 Å². The Kier molecular flexibility index (Phi) is 22.7. The van der Waals surface area contributed by atoms with Crippen molar-refractivity contribution in [2.45, 2.75) is 92.6 Å². The molecule has 4 nitrogen and oxygen atoms in total. The SMILES string of the molecule is CC(C)C(O)CC(O)C(C)C.CC(C)C(O)CC(O)C(C)C.[Cl][Ru][Cl]. The number of halogens is 2. The van der Waals surface area contributed by atoms with Gasteiger partial charge in [-0.15, -0.1) is 0 Å². The van der Waals surface area contributed by atoms with Gasteiger partial charge in [0.1, 0.15) is 0 Å². The van der Waals surface area contributed by atoms with E-state index in [4.69, 9.17) is 19.4 Å². The zero-order valence-corrected chi connectivity index (χ0v) is 20.2. The van der Waals surface area contributed by atoms with Crippen LogP contribution in [-0.2, 0) is 15.1 Å². The summed E-state index contributed by atoms with van der Waals surface area (Å²) in [5, 5.41) is 37.5. The Morgan fingerprint density at radius 1 is 0.520 bits per heavy atom. The molecule has 0 spiro atoms. The predicted octanol–water partition coefficient (Wildman–Crippen LogP) is 4.20. The van der Waals surface area contributed by atoms with Gasteiger partial charge in [-0.3, -0.25) is 0 Å². The van der Waals surface area contributed by atoms with Gasteiger partial charge in [-0.05, 0) is 36.5 Å². The van der Waals surface area contributed by atoms with Crippen LogP contribution in [0.1, 0.15) is 68.2 Å². The molecular formula is C18H40Cl2O4Ru. The molecule has 0 aromatic carbocycles. The molecule has 0 saturated heterocycles. The molecule has 158 valence electrons. The van der Waals surface area contributed by atoms with Crippen LogP contribution in [-0.4, -0.2) is 44.8 Å². The van der Waals surface area contributed by atoms with Gasteiger partial charge < -0.3 is 20.4 Å². The normalized spacial score (nSPS) is 16.2. The van der Waals surface area contributed by atoms with Gasteiger partial charge in [0, 0.05) is 0 Å². The number of hydrogen-bond donors (Lipinski definition) is 4. The van der Waals surface area contributed by atoms with Gasteiger partial charge in [0.2, 0.25) is 0 Å². The Morgan fingerprint density at radius 2 is 0.640 bits per heavy atom. The molecule has 0 bridgehead atoms. The first-order chi connectivity index (χ1) is 11.3. The van der Waals surface area contributed by atoms with Crippen molar-refractivity contribution in [3.05, 3.63) is 0 Å². The van der Waals surface area contributed by atoms with Crippen molar-refractivity contribution in [3.63, 3.8) is 0 Å². The molecule has 0 heterocycles. The van der Waals surface area contributed by atoms with Crippen LogP contribution < -0.4 is 0 Å². The summed E-state index contributed by atoms with van der Waals surface area (Å²) in [7, 11) is 9.71. The Morgan fingerprint density at radius 3 is 0.720 bits per heavy atom. The van der Waals surface area contributed by atoms with Gasteiger partial charge in [-0.1, -0.05) is 55.4 Å². The number of hydrogen-bond acceptors (Lipinski definition) is 4. The third-order valence-electron chi connectivity index (χ3n) is 4.04. The molecule has 0 saturated carbocycles. The zero-order valence-electron chi connectivity index (χ0n) is 16.9.